The fraction of sp³-hybridized carbons (Fsp3) is 0.882. The van der Waals surface area contributed by atoms with Gasteiger partial charge in [-0.2, -0.15) is 0 Å². The summed E-state index contributed by atoms with van der Waals surface area (Å²) in [4.78, 5) is 26.1. The maximum absolute atomic E-state index is 12.5. The molecule has 0 aromatic heterocycles. The van der Waals surface area contributed by atoms with Gasteiger partial charge in [0.2, 0.25) is 11.1 Å². The van der Waals surface area contributed by atoms with Crippen molar-refractivity contribution in [2.75, 3.05) is 6.54 Å². The van der Waals surface area contributed by atoms with Crippen LogP contribution in [0.3, 0.4) is 0 Å². The lowest BCUT2D eigenvalue weighted by atomic mass is 9.42. The van der Waals surface area contributed by atoms with Gasteiger partial charge < -0.3 is 4.90 Å². The van der Waals surface area contributed by atoms with Gasteiger partial charge in [-0.3, -0.25) is 9.59 Å². The highest BCUT2D eigenvalue weighted by Crippen LogP contribution is 2.68. The molecule has 2 unspecified atom stereocenters. The number of halogens is 1. The smallest absolute Gasteiger partial charge is 0.227 e. The molecule has 1 amide bonds. The summed E-state index contributed by atoms with van der Waals surface area (Å²) in [7, 11) is 0. The van der Waals surface area contributed by atoms with Crippen molar-refractivity contribution in [3.05, 3.63) is 0 Å². The zero-order valence-corrected chi connectivity index (χ0v) is 13.7. The van der Waals surface area contributed by atoms with E-state index >= 15 is 0 Å². The van der Waals surface area contributed by atoms with Gasteiger partial charge in [-0.05, 0) is 66.9 Å². The Balaban J connectivity index is 1.68. The first-order valence-electron chi connectivity index (χ1n) is 8.23. The number of carbonyl (C=O) groups is 2. The molecule has 4 heteroatoms. The number of carbonyl (C=O) groups excluding carboxylic acids is 2. The van der Waals surface area contributed by atoms with Crippen molar-refractivity contribution >= 4 is 22.8 Å². The van der Waals surface area contributed by atoms with Gasteiger partial charge in [0.25, 0.3) is 0 Å². The molecule has 116 valence electrons. The molecular weight excluding hydrogens is 286 g/mol. The van der Waals surface area contributed by atoms with Crippen LogP contribution in [0.25, 0.3) is 0 Å². The summed E-state index contributed by atoms with van der Waals surface area (Å²) in [5, 5.41) is -0.340. The average molecular weight is 310 g/mol. The van der Waals surface area contributed by atoms with Gasteiger partial charge in [0, 0.05) is 18.5 Å². The van der Waals surface area contributed by atoms with Crippen LogP contribution in [0.2, 0.25) is 0 Å². The molecule has 0 aromatic rings. The fourth-order valence-corrected chi connectivity index (χ4v) is 7.15. The van der Waals surface area contributed by atoms with E-state index in [1.54, 1.807) is 0 Å². The standard InChI is InChI=1S/C17H24ClNO2/c1-15-4-11-5-16(2,8-15)10-17(6-11,9-15)19-7-12(14(18)21)3-13(19)20/h11-12H,3-10H2,1-2H3/t11?,12-,15-,16+,17?/m1/s1. The van der Waals surface area contributed by atoms with Crippen LogP contribution >= 0.6 is 11.6 Å². The third kappa shape index (κ3) is 1.99. The summed E-state index contributed by atoms with van der Waals surface area (Å²) in [6.45, 7) is 5.38. The lowest BCUT2D eigenvalue weighted by Gasteiger charge is -2.67. The molecule has 1 aliphatic heterocycles. The van der Waals surface area contributed by atoms with Gasteiger partial charge in [0.15, 0.2) is 0 Å². The molecule has 5 rings (SSSR count). The highest BCUT2D eigenvalue weighted by molar-refractivity contribution is 6.64. The van der Waals surface area contributed by atoms with Crippen LogP contribution in [0.4, 0.5) is 0 Å². The van der Waals surface area contributed by atoms with Gasteiger partial charge in [-0.1, -0.05) is 13.8 Å². The monoisotopic (exact) mass is 309 g/mol. The number of amides is 1. The summed E-state index contributed by atoms with van der Waals surface area (Å²) in [6, 6.07) is 0. The Hall–Kier alpha value is -0.570. The molecule has 4 aliphatic carbocycles. The summed E-state index contributed by atoms with van der Waals surface area (Å²) in [5.41, 5.74) is 0.788. The molecule has 3 nitrogen and oxygen atoms in total. The highest BCUT2D eigenvalue weighted by Gasteiger charge is 2.63. The predicted molar refractivity (Wildman–Crippen MR) is 80.8 cm³/mol. The molecule has 0 N–H and O–H groups in total. The van der Waals surface area contributed by atoms with Crippen LogP contribution < -0.4 is 0 Å². The highest BCUT2D eigenvalue weighted by atomic mass is 35.5. The SMILES string of the molecule is C[C@]12CC3CC(N4C[C@H](C(=O)Cl)CC4=O)(C1)C[C@@](C)(C3)C2. The van der Waals surface area contributed by atoms with E-state index in [0.29, 0.717) is 23.8 Å². The van der Waals surface area contributed by atoms with Crippen LogP contribution in [0.1, 0.15) is 58.8 Å². The van der Waals surface area contributed by atoms with Crippen LogP contribution in [0.15, 0.2) is 0 Å². The second kappa shape index (κ2) is 4.04. The first kappa shape index (κ1) is 14.0. The lowest BCUT2D eigenvalue weighted by molar-refractivity contribution is -0.170. The van der Waals surface area contributed by atoms with Gasteiger partial charge in [0.1, 0.15) is 0 Å². The van der Waals surface area contributed by atoms with Crippen molar-refractivity contribution in [1.82, 2.24) is 4.90 Å². The summed E-state index contributed by atoms with van der Waals surface area (Å²) >= 11 is 5.66. The van der Waals surface area contributed by atoms with Crippen molar-refractivity contribution in [2.45, 2.75) is 64.3 Å². The van der Waals surface area contributed by atoms with Gasteiger partial charge in [0.05, 0.1) is 5.92 Å². The van der Waals surface area contributed by atoms with Crippen molar-refractivity contribution in [1.29, 1.82) is 0 Å². The lowest BCUT2D eigenvalue weighted by Crippen LogP contribution is -2.65. The van der Waals surface area contributed by atoms with E-state index in [1.807, 2.05) is 0 Å². The molecule has 1 heterocycles. The van der Waals surface area contributed by atoms with Crippen LogP contribution in [-0.2, 0) is 9.59 Å². The first-order chi connectivity index (χ1) is 9.73. The quantitative estimate of drug-likeness (QED) is 0.734. The summed E-state index contributed by atoms with van der Waals surface area (Å²) in [6.07, 6.45) is 7.67. The van der Waals surface area contributed by atoms with Crippen molar-refractivity contribution in [3.8, 4) is 0 Å². The van der Waals surface area contributed by atoms with Crippen molar-refractivity contribution < 1.29 is 9.59 Å². The minimum absolute atomic E-state index is 0.0150. The molecule has 21 heavy (non-hydrogen) atoms. The van der Waals surface area contributed by atoms with E-state index in [9.17, 15) is 9.59 Å². The molecule has 5 aliphatic rings. The maximum atomic E-state index is 12.5. The van der Waals surface area contributed by atoms with Crippen LogP contribution in [0, 0.1) is 22.7 Å². The molecule has 4 bridgehead atoms. The normalized spacial score (nSPS) is 51.8. The van der Waals surface area contributed by atoms with E-state index in [4.69, 9.17) is 11.6 Å². The van der Waals surface area contributed by atoms with E-state index in [1.165, 1.54) is 19.3 Å². The number of nitrogens with zero attached hydrogens (tertiary/aromatic N) is 1. The Kier molecular flexibility index (Phi) is 2.70. The Morgan fingerprint density at radius 2 is 1.76 bits per heavy atom. The van der Waals surface area contributed by atoms with E-state index in [-0.39, 0.29) is 22.6 Å². The predicted octanol–water partition coefficient (Wildman–Crippen LogP) is 3.35. The number of likely N-dealkylation sites (tertiary alicyclic amines) is 1. The number of hydrogen-bond acceptors (Lipinski definition) is 2. The van der Waals surface area contributed by atoms with Crippen molar-refractivity contribution in [2.24, 2.45) is 22.7 Å². The van der Waals surface area contributed by atoms with Crippen LogP contribution in [0.5, 0.6) is 0 Å². The van der Waals surface area contributed by atoms with Crippen molar-refractivity contribution in [3.63, 3.8) is 0 Å². The Morgan fingerprint density at radius 1 is 1.14 bits per heavy atom. The number of rotatable bonds is 2. The molecule has 5 fully saturated rings. The maximum Gasteiger partial charge on any atom is 0.227 e. The Morgan fingerprint density at radius 3 is 2.24 bits per heavy atom. The molecule has 4 saturated carbocycles. The zero-order chi connectivity index (χ0) is 15.0. The van der Waals surface area contributed by atoms with Gasteiger partial charge in [-0.25, -0.2) is 0 Å². The number of hydrogen-bond donors (Lipinski definition) is 0. The Bertz CT molecular complexity index is 513. The molecule has 0 spiro atoms. The van der Waals surface area contributed by atoms with E-state index in [0.717, 1.165) is 25.2 Å². The summed E-state index contributed by atoms with van der Waals surface area (Å²) in [5.74, 6) is 0.630. The average Bonchev–Trinajstić information content (AvgIpc) is 2.67. The summed E-state index contributed by atoms with van der Waals surface area (Å²) < 4.78 is 0. The molecule has 0 aromatic carbocycles. The molecule has 0 radical (unpaired) electrons. The second-order valence-corrected chi connectivity index (χ2v) is 9.44. The minimum atomic E-state index is -0.340. The Labute approximate surface area is 131 Å². The third-order valence-electron chi connectivity index (χ3n) is 6.62. The van der Waals surface area contributed by atoms with E-state index in [2.05, 4.69) is 18.7 Å². The van der Waals surface area contributed by atoms with Crippen LogP contribution in [-0.4, -0.2) is 28.1 Å². The van der Waals surface area contributed by atoms with Gasteiger partial charge in [-0.15, -0.1) is 0 Å². The first-order valence-corrected chi connectivity index (χ1v) is 8.60. The molecular formula is C17H24ClNO2. The second-order valence-electron chi connectivity index (χ2n) is 9.06. The van der Waals surface area contributed by atoms with Gasteiger partial charge >= 0.3 is 0 Å². The fourth-order valence-electron chi connectivity index (χ4n) is 7.01. The molecule has 1 saturated heterocycles. The minimum Gasteiger partial charge on any atom is -0.336 e. The molecule has 5 atom stereocenters. The largest absolute Gasteiger partial charge is 0.336 e. The topological polar surface area (TPSA) is 37.4 Å². The van der Waals surface area contributed by atoms with E-state index < -0.39 is 0 Å². The third-order valence-corrected chi connectivity index (χ3v) is 6.92. The zero-order valence-electron chi connectivity index (χ0n) is 13.0.